The molecule has 0 amide bonds. The van der Waals surface area contributed by atoms with Crippen LogP contribution >= 0.6 is 0 Å². The summed E-state index contributed by atoms with van der Waals surface area (Å²) in [4.78, 5) is 0. The minimum atomic E-state index is -0.838. The van der Waals surface area contributed by atoms with Gasteiger partial charge in [0, 0.05) is 20.6 Å². The Balaban J connectivity index is 2.12. The second-order valence-corrected chi connectivity index (χ2v) is 4.04. The summed E-state index contributed by atoms with van der Waals surface area (Å²) in [6.07, 6.45) is -0.400. The molecular weight excluding hydrogens is 200 g/mol. The fraction of sp³-hybridized carbons (Fsp3) is 1.00. The van der Waals surface area contributed by atoms with Gasteiger partial charge in [-0.1, -0.05) is 0 Å². The number of rotatable bonds is 2. The fourth-order valence-corrected chi connectivity index (χ4v) is 2.17. The highest BCUT2D eigenvalue weighted by Gasteiger charge is 2.55. The van der Waals surface area contributed by atoms with Gasteiger partial charge in [-0.25, -0.2) is 0 Å². The van der Waals surface area contributed by atoms with Gasteiger partial charge in [-0.2, -0.15) is 0 Å². The Morgan fingerprint density at radius 1 is 1.33 bits per heavy atom. The van der Waals surface area contributed by atoms with Crippen molar-refractivity contribution in [2.24, 2.45) is 11.5 Å². The highest BCUT2D eigenvalue weighted by atomic mass is 16.7. The highest BCUT2D eigenvalue weighted by molar-refractivity contribution is 5.02. The van der Waals surface area contributed by atoms with Crippen LogP contribution in [0.5, 0.6) is 0 Å². The lowest BCUT2D eigenvalue weighted by Crippen LogP contribution is -2.66. The molecule has 0 aromatic rings. The van der Waals surface area contributed by atoms with E-state index >= 15 is 0 Å². The first kappa shape index (κ1) is 11.3. The predicted molar refractivity (Wildman–Crippen MR) is 51.9 cm³/mol. The van der Waals surface area contributed by atoms with Crippen molar-refractivity contribution in [3.05, 3.63) is 0 Å². The Labute approximate surface area is 88.8 Å². The average molecular weight is 218 g/mol. The number of hydrogen-bond donors (Lipinski definition) is 2. The molecule has 15 heavy (non-hydrogen) atoms. The second-order valence-electron chi connectivity index (χ2n) is 4.04. The summed E-state index contributed by atoms with van der Waals surface area (Å²) in [6.45, 7) is 0.393. The fourth-order valence-electron chi connectivity index (χ4n) is 2.17. The molecule has 2 aliphatic rings. The van der Waals surface area contributed by atoms with E-state index in [1.807, 2.05) is 0 Å². The molecule has 5 atom stereocenters. The molecule has 6 heteroatoms. The predicted octanol–water partition coefficient (Wildman–Crippen LogP) is -1.22. The van der Waals surface area contributed by atoms with Gasteiger partial charge in [-0.3, -0.25) is 0 Å². The van der Waals surface area contributed by atoms with Gasteiger partial charge in [-0.15, -0.1) is 0 Å². The van der Waals surface area contributed by atoms with Crippen LogP contribution in [0.2, 0.25) is 0 Å². The summed E-state index contributed by atoms with van der Waals surface area (Å²) in [5, 5.41) is 0. The van der Waals surface area contributed by atoms with Gasteiger partial charge >= 0.3 is 0 Å². The maximum absolute atomic E-state index is 6.07. The molecule has 0 aliphatic carbocycles. The minimum Gasteiger partial charge on any atom is -0.377 e. The van der Waals surface area contributed by atoms with Crippen molar-refractivity contribution in [2.45, 2.75) is 36.7 Å². The van der Waals surface area contributed by atoms with E-state index in [4.69, 9.17) is 30.4 Å². The number of fused-ring (bicyclic) bond motifs is 1. The van der Waals surface area contributed by atoms with Crippen LogP contribution in [0.15, 0.2) is 0 Å². The standard InChI is InChI=1S/C9H18N2O4/c1-12-5-4-14-9(11)3-6(13-2)15-8(9)7(5)10/h5-8H,3-4,10-11H2,1-2H3/t5?,6?,7?,8?,9-/m0/s1. The molecule has 0 spiro atoms. The van der Waals surface area contributed by atoms with E-state index in [9.17, 15) is 0 Å². The first-order chi connectivity index (χ1) is 7.10. The Kier molecular flexibility index (Phi) is 2.98. The Hall–Kier alpha value is -0.240. The van der Waals surface area contributed by atoms with Crippen molar-refractivity contribution in [3.63, 3.8) is 0 Å². The number of methoxy groups -OCH3 is 2. The summed E-state index contributed by atoms with van der Waals surface area (Å²) >= 11 is 0. The van der Waals surface area contributed by atoms with Crippen LogP contribution in [0.25, 0.3) is 0 Å². The molecule has 0 radical (unpaired) electrons. The lowest BCUT2D eigenvalue weighted by atomic mass is 9.93. The molecule has 6 nitrogen and oxygen atoms in total. The lowest BCUT2D eigenvalue weighted by Gasteiger charge is -2.41. The van der Waals surface area contributed by atoms with E-state index < -0.39 is 5.72 Å². The van der Waals surface area contributed by atoms with E-state index in [1.165, 1.54) is 0 Å². The molecule has 2 fully saturated rings. The Bertz CT molecular complexity index is 240. The molecule has 4 N–H and O–H groups in total. The van der Waals surface area contributed by atoms with Gasteiger partial charge in [0.05, 0.1) is 18.8 Å². The lowest BCUT2D eigenvalue weighted by molar-refractivity contribution is -0.191. The van der Waals surface area contributed by atoms with Gasteiger partial charge in [0.1, 0.15) is 11.8 Å². The zero-order valence-corrected chi connectivity index (χ0v) is 9.01. The molecule has 2 heterocycles. The van der Waals surface area contributed by atoms with E-state index in [1.54, 1.807) is 14.2 Å². The summed E-state index contributed by atoms with van der Waals surface area (Å²) < 4.78 is 21.5. The smallest absolute Gasteiger partial charge is 0.162 e. The van der Waals surface area contributed by atoms with Crippen LogP contribution in [-0.4, -0.2) is 51.1 Å². The average Bonchev–Trinajstić information content (AvgIpc) is 2.57. The molecule has 2 saturated heterocycles. The maximum Gasteiger partial charge on any atom is 0.162 e. The molecule has 88 valence electrons. The normalized spacial score (nSPS) is 50.4. The van der Waals surface area contributed by atoms with Gasteiger partial charge in [0.15, 0.2) is 6.29 Å². The second kappa shape index (κ2) is 3.97. The zero-order chi connectivity index (χ0) is 11.1. The molecule has 2 aliphatic heterocycles. The van der Waals surface area contributed by atoms with Crippen LogP contribution in [0.1, 0.15) is 6.42 Å². The van der Waals surface area contributed by atoms with Crippen LogP contribution in [0, 0.1) is 0 Å². The van der Waals surface area contributed by atoms with E-state index in [2.05, 4.69) is 0 Å². The SMILES string of the molecule is COC1C[C@]2(N)OCC(OC)C(N)C2O1. The van der Waals surface area contributed by atoms with Crippen LogP contribution in [0.4, 0.5) is 0 Å². The van der Waals surface area contributed by atoms with Crippen molar-refractivity contribution in [1.82, 2.24) is 0 Å². The van der Waals surface area contributed by atoms with Gasteiger partial charge in [0.25, 0.3) is 0 Å². The molecule has 0 aromatic carbocycles. The quantitative estimate of drug-likeness (QED) is 0.603. The van der Waals surface area contributed by atoms with E-state index in [0.29, 0.717) is 13.0 Å². The van der Waals surface area contributed by atoms with Gasteiger partial charge in [-0.05, 0) is 0 Å². The Morgan fingerprint density at radius 2 is 2.07 bits per heavy atom. The molecule has 0 aromatic heterocycles. The topological polar surface area (TPSA) is 89.0 Å². The summed E-state index contributed by atoms with van der Waals surface area (Å²) in [6, 6.07) is -0.283. The third-order valence-electron chi connectivity index (χ3n) is 3.13. The zero-order valence-electron chi connectivity index (χ0n) is 9.01. The number of hydrogen-bond acceptors (Lipinski definition) is 6. The van der Waals surface area contributed by atoms with E-state index in [0.717, 1.165) is 0 Å². The van der Waals surface area contributed by atoms with Crippen molar-refractivity contribution in [2.75, 3.05) is 20.8 Å². The van der Waals surface area contributed by atoms with Gasteiger partial charge in [0.2, 0.25) is 0 Å². The van der Waals surface area contributed by atoms with Gasteiger partial charge < -0.3 is 30.4 Å². The van der Waals surface area contributed by atoms with Crippen molar-refractivity contribution in [3.8, 4) is 0 Å². The number of nitrogens with two attached hydrogens (primary N) is 2. The van der Waals surface area contributed by atoms with E-state index in [-0.39, 0.29) is 24.5 Å². The first-order valence-corrected chi connectivity index (χ1v) is 5.00. The molecular formula is C9H18N2O4. The summed E-state index contributed by atoms with van der Waals surface area (Å²) in [7, 11) is 3.17. The van der Waals surface area contributed by atoms with Crippen molar-refractivity contribution >= 4 is 0 Å². The maximum atomic E-state index is 6.07. The molecule has 2 rings (SSSR count). The number of ether oxygens (including phenoxy) is 4. The third kappa shape index (κ3) is 1.77. The summed E-state index contributed by atoms with van der Waals surface area (Å²) in [5.74, 6) is 0. The van der Waals surface area contributed by atoms with Crippen molar-refractivity contribution < 1.29 is 18.9 Å². The monoisotopic (exact) mass is 218 g/mol. The third-order valence-corrected chi connectivity index (χ3v) is 3.13. The molecule has 4 unspecified atom stereocenters. The first-order valence-electron chi connectivity index (χ1n) is 5.00. The molecule has 0 saturated carbocycles. The van der Waals surface area contributed by atoms with Crippen LogP contribution in [0.3, 0.4) is 0 Å². The summed E-state index contributed by atoms with van der Waals surface area (Å²) in [5.41, 5.74) is 11.2. The highest BCUT2D eigenvalue weighted by Crippen LogP contribution is 2.36. The van der Waals surface area contributed by atoms with Crippen LogP contribution < -0.4 is 11.5 Å². The van der Waals surface area contributed by atoms with Crippen LogP contribution in [-0.2, 0) is 18.9 Å². The Morgan fingerprint density at radius 3 is 2.67 bits per heavy atom. The molecule has 0 bridgehead atoms. The largest absolute Gasteiger partial charge is 0.377 e. The van der Waals surface area contributed by atoms with Crippen molar-refractivity contribution in [1.29, 1.82) is 0 Å². The minimum absolute atomic E-state index is 0.178.